The third-order valence-electron chi connectivity index (χ3n) is 14.0. The van der Waals surface area contributed by atoms with Gasteiger partial charge >= 0.3 is 5.97 Å². The summed E-state index contributed by atoms with van der Waals surface area (Å²) in [6.07, 6.45) is -6.05. The van der Waals surface area contributed by atoms with Crippen LogP contribution in [0.15, 0.2) is 23.8 Å². The molecule has 4 N–H and O–H groups in total. The second-order valence-electron chi connectivity index (χ2n) is 19.1. The first kappa shape index (κ1) is 54.4. The number of aliphatic hydroxyl groups excluding tert-OH is 3. The van der Waals surface area contributed by atoms with E-state index < -0.39 is 128 Å². The summed E-state index contributed by atoms with van der Waals surface area (Å²) in [6, 6.07) is -0.686. The first-order valence-corrected chi connectivity index (χ1v) is 23.0. The zero-order chi connectivity index (χ0) is 47.8. The zero-order valence-corrected chi connectivity index (χ0v) is 40.2. The summed E-state index contributed by atoms with van der Waals surface area (Å²) < 4.78 is 55.2. The predicted octanol–water partition coefficient (Wildman–Crippen LogP) is 3.11. The Morgan fingerprint density at radius 3 is 2.11 bits per heavy atom. The molecule has 0 aliphatic carbocycles. The Balaban J connectivity index is 1.62. The Bertz CT molecular complexity index is 1560. The molecule has 17 heteroatoms. The molecule has 17 nitrogen and oxygen atoms in total. The van der Waals surface area contributed by atoms with Crippen molar-refractivity contribution < 1.29 is 77.4 Å². The fourth-order valence-corrected chi connectivity index (χ4v) is 9.62. The van der Waals surface area contributed by atoms with E-state index in [1.807, 2.05) is 33.8 Å². The first-order valence-electron chi connectivity index (χ1n) is 23.0. The molecule has 3 saturated heterocycles. The number of hydrogen-bond acceptors (Lipinski definition) is 17. The molecule has 0 aromatic heterocycles. The van der Waals surface area contributed by atoms with Crippen molar-refractivity contribution in [3.8, 4) is 0 Å². The maximum Gasteiger partial charge on any atom is 0.308 e. The zero-order valence-electron chi connectivity index (χ0n) is 40.2. The highest BCUT2D eigenvalue weighted by Crippen LogP contribution is 2.39. The number of carbonyl (C=O) groups excluding carboxylic acids is 3. The SMILES string of the molecule is CCC1OC(=O)C[C@@H](O)C(C)[C@@H](O[C@@H]2OC(C)[C@@H](O[C@H]3CC(C)(O)[C@@H](C)C(C)O3)C(N(C)C)C2O)[C@@H](CC=O)C[C@@H](C)C(=O)/C=C/C(C)=C/[C@@H]1CO[C@@H]1OC(C)[C@@H](O)[C@H](OC)C1OC. The lowest BCUT2D eigenvalue weighted by Crippen LogP contribution is -2.65. The molecule has 9 unspecified atom stereocenters. The number of nitrogens with zero attached hydrogens (tertiary/aromatic N) is 1. The number of allylic oxidation sites excluding steroid dienone is 3. The number of likely N-dealkylation sites (N-methyl/N-ethyl adjacent to an activating group) is 1. The van der Waals surface area contributed by atoms with E-state index in [2.05, 4.69) is 0 Å². The van der Waals surface area contributed by atoms with Crippen LogP contribution in [0, 0.1) is 29.6 Å². The Labute approximate surface area is 380 Å². The quantitative estimate of drug-likeness (QED) is 0.154. The van der Waals surface area contributed by atoms with Gasteiger partial charge in [0.2, 0.25) is 0 Å². The number of esters is 1. The summed E-state index contributed by atoms with van der Waals surface area (Å²) in [5.41, 5.74) is -0.351. The standard InChI is InChI=1S/C47H79NO16/c1-14-35-32(23-58-46-44(57-13)43(56-12)39(53)29(7)60-46)19-24(2)15-16-33(50)25(3)20-31(17-18-49)41(26(4)34(51)21-36(52)62-35)64-45-40(54)38(48(10)11)42(30(8)61-45)63-37-22-47(9,55)27(5)28(6)59-37/h15-16,18-19,25-32,34-35,37-46,51,53-55H,14,17,20-23H2,1-13H3/b16-15+,24-19+/t25-,26?,27+,28?,29?,30?,31+,32-,34-,35?,37+,38?,39-,40?,41-,42-,43+,44?,45+,46-,47?/m1/s1. The van der Waals surface area contributed by atoms with E-state index in [-0.39, 0.29) is 43.7 Å². The summed E-state index contributed by atoms with van der Waals surface area (Å²) in [4.78, 5) is 41.6. The maximum absolute atomic E-state index is 13.8. The van der Waals surface area contributed by atoms with Crippen molar-refractivity contribution in [3.63, 3.8) is 0 Å². The Kier molecular flexibility index (Phi) is 20.5. The summed E-state index contributed by atoms with van der Waals surface area (Å²) in [5, 5.41) is 45.6. The van der Waals surface area contributed by atoms with Crippen LogP contribution in [0.2, 0.25) is 0 Å². The second-order valence-corrected chi connectivity index (χ2v) is 19.1. The molecule has 21 atom stereocenters. The third kappa shape index (κ3) is 13.5. The number of aliphatic hydroxyl groups is 4. The summed E-state index contributed by atoms with van der Waals surface area (Å²) in [6.45, 7) is 16.2. The van der Waals surface area contributed by atoms with Gasteiger partial charge in [0.05, 0.1) is 55.2 Å². The maximum atomic E-state index is 13.8. The molecular formula is C47H79NO16. The van der Waals surface area contributed by atoms with E-state index in [0.717, 1.165) is 6.29 Å². The number of methoxy groups -OCH3 is 2. The average Bonchev–Trinajstić information content (AvgIpc) is 3.23. The average molecular weight is 914 g/mol. The van der Waals surface area contributed by atoms with Crippen LogP contribution in [0.1, 0.15) is 94.4 Å². The van der Waals surface area contributed by atoms with Gasteiger partial charge in [-0.15, -0.1) is 0 Å². The topological polar surface area (TPSA) is 218 Å². The minimum absolute atomic E-state index is 0.00212. The molecular weight excluding hydrogens is 835 g/mol. The van der Waals surface area contributed by atoms with E-state index in [1.54, 1.807) is 59.7 Å². The monoisotopic (exact) mass is 914 g/mol. The number of rotatable bonds is 13. The molecule has 4 heterocycles. The highest BCUT2D eigenvalue weighted by atomic mass is 16.7. The number of hydrogen-bond donors (Lipinski definition) is 4. The van der Waals surface area contributed by atoms with Crippen molar-refractivity contribution in [2.45, 2.75) is 192 Å². The molecule has 4 aliphatic rings. The lowest BCUT2D eigenvalue weighted by Gasteiger charge is -2.50. The molecule has 0 saturated carbocycles. The van der Waals surface area contributed by atoms with Crippen molar-refractivity contribution in [3.05, 3.63) is 23.8 Å². The van der Waals surface area contributed by atoms with Crippen molar-refractivity contribution in [2.75, 3.05) is 34.9 Å². The van der Waals surface area contributed by atoms with Crippen LogP contribution >= 0.6 is 0 Å². The summed E-state index contributed by atoms with van der Waals surface area (Å²) in [7, 11) is 6.53. The van der Waals surface area contributed by atoms with Crippen LogP contribution < -0.4 is 0 Å². The first-order chi connectivity index (χ1) is 30.1. The Hall–Kier alpha value is -2.23. The summed E-state index contributed by atoms with van der Waals surface area (Å²) in [5.74, 6) is -3.62. The minimum Gasteiger partial charge on any atom is -0.462 e. The largest absolute Gasteiger partial charge is 0.462 e. The van der Waals surface area contributed by atoms with Gasteiger partial charge in [-0.1, -0.05) is 45.4 Å². The van der Waals surface area contributed by atoms with Crippen LogP contribution in [0.5, 0.6) is 0 Å². The molecule has 0 aromatic rings. The smallest absolute Gasteiger partial charge is 0.308 e. The van der Waals surface area contributed by atoms with E-state index in [9.17, 15) is 34.8 Å². The normalized spacial score (nSPS) is 45.9. The predicted molar refractivity (Wildman–Crippen MR) is 233 cm³/mol. The van der Waals surface area contributed by atoms with Gasteiger partial charge in [0.1, 0.15) is 42.9 Å². The van der Waals surface area contributed by atoms with Gasteiger partial charge < -0.3 is 72.8 Å². The number of cyclic esters (lactones) is 1. The van der Waals surface area contributed by atoms with E-state index in [0.29, 0.717) is 12.0 Å². The van der Waals surface area contributed by atoms with Crippen LogP contribution in [-0.2, 0) is 57.0 Å². The highest BCUT2D eigenvalue weighted by Gasteiger charge is 2.51. The lowest BCUT2D eigenvalue weighted by molar-refractivity contribution is -0.338. The molecule has 368 valence electrons. The van der Waals surface area contributed by atoms with Crippen molar-refractivity contribution in [1.29, 1.82) is 0 Å². The van der Waals surface area contributed by atoms with Gasteiger partial charge in [-0.05, 0) is 73.5 Å². The fraction of sp³-hybridized carbons (Fsp3) is 0.851. The number of ether oxygens (including phenoxy) is 9. The summed E-state index contributed by atoms with van der Waals surface area (Å²) >= 11 is 0. The Morgan fingerprint density at radius 2 is 1.52 bits per heavy atom. The van der Waals surface area contributed by atoms with E-state index in [1.165, 1.54) is 20.3 Å². The molecule has 4 rings (SSSR count). The van der Waals surface area contributed by atoms with Crippen molar-refractivity contribution in [1.82, 2.24) is 4.90 Å². The minimum atomic E-state index is -1.34. The third-order valence-corrected chi connectivity index (χ3v) is 14.0. The van der Waals surface area contributed by atoms with Gasteiger partial charge in [0, 0.05) is 50.7 Å². The van der Waals surface area contributed by atoms with Crippen molar-refractivity contribution >= 4 is 18.0 Å². The number of ketones is 1. The molecule has 64 heavy (non-hydrogen) atoms. The second kappa shape index (κ2) is 24.2. The number of carbonyl (C=O) groups is 3. The van der Waals surface area contributed by atoms with E-state index >= 15 is 0 Å². The Morgan fingerprint density at radius 1 is 0.859 bits per heavy atom. The van der Waals surface area contributed by atoms with Gasteiger partial charge in [0.15, 0.2) is 24.7 Å². The van der Waals surface area contributed by atoms with Gasteiger partial charge in [-0.2, -0.15) is 0 Å². The van der Waals surface area contributed by atoms with Crippen LogP contribution in [0.25, 0.3) is 0 Å². The highest BCUT2D eigenvalue weighted by molar-refractivity contribution is 5.91. The van der Waals surface area contributed by atoms with Crippen LogP contribution in [-0.4, -0.2) is 176 Å². The molecule has 0 spiro atoms. The fourth-order valence-electron chi connectivity index (χ4n) is 9.62. The molecule has 4 aliphatic heterocycles. The molecule has 3 fully saturated rings. The van der Waals surface area contributed by atoms with Crippen LogP contribution in [0.3, 0.4) is 0 Å². The molecule has 0 amide bonds. The molecule has 0 radical (unpaired) electrons. The van der Waals surface area contributed by atoms with Crippen LogP contribution in [0.4, 0.5) is 0 Å². The van der Waals surface area contributed by atoms with Gasteiger partial charge in [0.25, 0.3) is 0 Å². The lowest BCUT2D eigenvalue weighted by atomic mass is 9.79. The molecule has 0 bridgehead atoms. The number of aldehydes is 1. The van der Waals surface area contributed by atoms with Gasteiger partial charge in [-0.25, -0.2) is 0 Å². The molecule has 0 aromatic carbocycles. The van der Waals surface area contributed by atoms with Crippen molar-refractivity contribution in [2.24, 2.45) is 29.6 Å². The van der Waals surface area contributed by atoms with E-state index in [4.69, 9.17) is 42.6 Å². The van der Waals surface area contributed by atoms with Gasteiger partial charge in [-0.3, -0.25) is 9.59 Å².